The maximum Gasteiger partial charge on any atom is 0.261 e. The van der Waals surface area contributed by atoms with Crippen LogP contribution in [0.5, 0.6) is 0 Å². The van der Waals surface area contributed by atoms with Gasteiger partial charge >= 0.3 is 0 Å². The van der Waals surface area contributed by atoms with Crippen LogP contribution in [-0.2, 0) is 6.42 Å². The van der Waals surface area contributed by atoms with Crippen molar-refractivity contribution in [1.82, 2.24) is 15.0 Å². The van der Waals surface area contributed by atoms with Crippen LogP contribution in [0.3, 0.4) is 0 Å². The average molecular weight is 204 g/mol. The van der Waals surface area contributed by atoms with Gasteiger partial charge in [-0.3, -0.25) is 4.79 Å². The molecule has 2 rings (SSSR count). The van der Waals surface area contributed by atoms with E-state index in [4.69, 9.17) is 0 Å². The van der Waals surface area contributed by atoms with Crippen LogP contribution in [0.1, 0.15) is 12.7 Å². The number of fused-ring (bicyclic) bond motifs is 1. The van der Waals surface area contributed by atoms with Gasteiger partial charge in [0.1, 0.15) is 17.0 Å². The summed E-state index contributed by atoms with van der Waals surface area (Å²) < 4.78 is 0. The topological polar surface area (TPSA) is 70.7 Å². The number of anilines is 1. The van der Waals surface area contributed by atoms with Crippen LogP contribution >= 0.6 is 0 Å². The molecule has 78 valence electrons. The molecule has 0 aliphatic rings. The molecule has 0 saturated carbocycles. The first-order valence-electron chi connectivity index (χ1n) is 4.82. The lowest BCUT2D eigenvalue weighted by Gasteiger charge is -2.05. The van der Waals surface area contributed by atoms with E-state index in [-0.39, 0.29) is 5.56 Å². The Bertz CT molecular complexity index is 547. The fourth-order valence-corrected chi connectivity index (χ4v) is 1.48. The highest BCUT2D eigenvalue weighted by molar-refractivity contribution is 5.87. The molecule has 0 saturated heterocycles. The van der Waals surface area contributed by atoms with Gasteiger partial charge in [-0.1, -0.05) is 6.92 Å². The molecule has 0 unspecified atom stereocenters. The van der Waals surface area contributed by atoms with Crippen molar-refractivity contribution in [2.75, 3.05) is 12.4 Å². The van der Waals surface area contributed by atoms with Crippen LogP contribution in [0, 0.1) is 0 Å². The van der Waals surface area contributed by atoms with Crippen molar-refractivity contribution in [3.8, 4) is 0 Å². The zero-order valence-corrected chi connectivity index (χ0v) is 8.66. The SMILES string of the molecule is CCc1nc(NC)c2c(=O)[nH]ccc2n1. The summed E-state index contributed by atoms with van der Waals surface area (Å²) in [4.78, 5) is 22.7. The molecule has 0 fully saturated rings. The lowest BCUT2D eigenvalue weighted by Crippen LogP contribution is -2.11. The third-order valence-electron chi connectivity index (χ3n) is 2.22. The highest BCUT2D eigenvalue weighted by Crippen LogP contribution is 2.15. The molecular weight excluding hydrogens is 192 g/mol. The molecule has 2 N–H and O–H groups in total. The van der Waals surface area contributed by atoms with Crippen molar-refractivity contribution < 1.29 is 0 Å². The van der Waals surface area contributed by atoms with E-state index < -0.39 is 0 Å². The van der Waals surface area contributed by atoms with E-state index in [1.165, 1.54) is 0 Å². The number of aryl methyl sites for hydroxylation is 1. The Kier molecular flexibility index (Phi) is 2.37. The van der Waals surface area contributed by atoms with Crippen molar-refractivity contribution in [3.05, 3.63) is 28.4 Å². The van der Waals surface area contributed by atoms with E-state index in [1.807, 2.05) is 6.92 Å². The van der Waals surface area contributed by atoms with Gasteiger partial charge in [0.2, 0.25) is 0 Å². The molecule has 2 aromatic heterocycles. The Morgan fingerprint density at radius 3 is 2.93 bits per heavy atom. The Balaban J connectivity index is 2.87. The maximum atomic E-state index is 11.6. The molecule has 15 heavy (non-hydrogen) atoms. The molecular formula is C10H12N4O. The molecule has 5 nitrogen and oxygen atoms in total. The zero-order valence-electron chi connectivity index (χ0n) is 8.66. The summed E-state index contributed by atoms with van der Waals surface area (Å²) in [6, 6.07) is 1.78. The smallest absolute Gasteiger partial charge is 0.261 e. The monoisotopic (exact) mass is 204 g/mol. The van der Waals surface area contributed by atoms with E-state index in [0.29, 0.717) is 16.7 Å². The van der Waals surface area contributed by atoms with Gasteiger partial charge in [0.25, 0.3) is 5.56 Å². The quantitative estimate of drug-likeness (QED) is 0.763. The van der Waals surface area contributed by atoms with Crippen molar-refractivity contribution in [3.63, 3.8) is 0 Å². The predicted molar refractivity (Wildman–Crippen MR) is 59.1 cm³/mol. The number of aromatic nitrogens is 3. The van der Waals surface area contributed by atoms with Crippen molar-refractivity contribution in [1.29, 1.82) is 0 Å². The minimum absolute atomic E-state index is 0.167. The number of pyridine rings is 1. The van der Waals surface area contributed by atoms with E-state index in [1.54, 1.807) is 19.3 Å². The fraction of sp³-hybridized carbons (Fsp3) is 0.300. The third-order valence-corrected chi connectivity index (χ3v) is 2.22. The normalized spacial score (nSPS) is 10.5. The molecule has 0 bridgehead atoms. The summed E-state index contributed by atoms with van der Waals surface area (Å²) in [5.41, 5.74) is 0.509. The first-order valence-corrected chi connectivity index (χ1v) is 4.82. The first-order chi connectivity index (χ1) is 7.26. The van der Waals surface area contributed by atoms with Crippen LogP contribution < -0.4 is 10.9 Å². The van der Waals surface area contributed by atoms with Crippen LogP contribution in [0.25, 0.3) is 10.9 Å². The Morgan fingerprint density at radius 1 is 1.47 bits per heavy atom. The van der Waals surface area contributed by atoms with E-state index in [9.17, 15) is 4.79 Å². The average Bonchev–Trinajstić information content (AvgIpc) is 2.27. The van der Waals surface area contributed by atoms with Crippen molar-refractivity contribution >= 4 is 16.7 Å². The summed E-state index contributed by atoms with van der Waals surface area (Å²) >= 11 is 0. The number of H-pyrrole nitrogens is 1. The highest BCUT2D eigenvalue weighted by atomic mass is 16.1. The molecule has 0 aromatic carbocycles. The second kappa shape index (κ2) is 3.68. The molecule has 0 atom stereocenters. The summed E-state index contributed by atoms with van der Waals surface area (Å²) in [5.74, 6) is 1.32. The molecule has 2 heterocycles. The summed E-state index contributed by atoms with van der Waals surface area (Å²) in [7, 11) is 1.74. The number of aromatic amines is 1. The second-order valence-corrected chi connectivity index (χ2v) is 3.16. The molecule has 0 aliphatic heterocycles. The number of hydrogen-bond acceptors (Lipinski definition) is 4. The Morgan fingerprint density at radius 2 is 2.27 bits per heavy atom. The van der Waals surface area contributed by atoms with Crippen LogP contribution in [0.15, 0.2) is 17.1 Å². The summed E-state index contributed by atoms with van der Waals surface area (Å²) in [5, 5.41) is 3.43. The molecule has 0 aliphatic carbocycles. The molecule has 0 amide bonds. The van der Waals surface area contributed by atoms with Gasteiger partial charge in [-0.2, -0.15) is 0 Å². The van der Waals surface area contributed by atoms with Gasteiger partial charge in [-0.15, -0.1) is 0 Å². The van der Waals surface area contributed by atoms with Crippen LogP contribution in [-0.4, -0.2) is 22.0 Å². The summed E-state index contributed by atoms with van der Waals surface area (Å²) in [6.07, 6.45) is 2.34. The molecule has 5 heteroatoms. The molecule has 0 radical (unpaired) electrons. The fourth-order valence-electron chi connectivity index (χ4n) is 1.48. The predicted octanol–water partition coefficient (Wildman–Crippen LogP) is 0.922. The number of rotatable bonds is 2. The molecule has 0 spiro atoms. The number of hydrogen-bond donors (Lipinski definition) is 2. The minimum Gasteiger partial charge on any atom is -0.372 e. The maximum absolute atomic E-state index is 11.6. The standard InChI is InChI=1S/C10H12N4O/c1-3-7-13-6-4-5-12-10(15)8(6)9(11-2)14-7/h4-5H,3H2,1-2H3,(H,12,15)(H,11,13,14). The minimum atomic E-state index is -0.167. The van der Waals surface area contributed by atoms with E-state index in [0.717, 1.165) is 12.2 Å². The highest BCUT2D eigenvalue weighted by Gasteiger charge is 2.08. The Hall–Kier alpha value is -1.91. The van der Waals surface area contributed by atoms with E-state index in [2.05, 4.69) is 20.3 Å². The van der Waals surface area contributed by atoms with Gasteiger partial charge in [0.05, 0.1) is 5.52 Å². The molecule has 2 aromatic rings. The van der Waals surface area contributed by atoms with Gasteiger partial charge in [0.15, 0.2) is 0 Å². The lowest BCUT2D eigenvalue weighted by molar-refractivity contribution is 0.959. The van der Waals surface area contributed by atoms with Gasteiger partial charge < -0.3 is 10.3 Å². The second-order valence-electron chi connectivity index (χ2n) is 3.16. The number of nitrogens with one attached hydrogen (secondary N) is 2. The summed E-state index contributed by atoms with van der Waals surface area (Å²) in [6.45, 7) is 1.98. The van der Waals surface area contributed by atoms with Crippen molar-refractivity contribution in [2.24, 2.45) is 0 Å². The van der Waals surface area contributed by atoms with Crippen LogP contribution in [0.4, 0.5) is 5.82 Å². The van der Waals surface area contributed by atoms with Gasteiger partial charge in [-0.25, -0.2) is 9.97 Å². The largest absolute Gasteiger partial charge is 0.372 e. The number of nitrogens with zero attached hydrogens (tertiary/aromatic N) is 2. The lowest BCUT2D eigenvalue weighted by atomic mass is 10.3. The van der Waals surface area contributed by atoms with Gasteiger partial charge in [-0.05, 0) is 6.07 Å². The van der Waals surface area contributed by atoms with Crippen molar-refractivity contribution in [2.45, 2.75) is 13.3 Å². The van der Waals surface area contributed by atoms with E-state index >= 15 is 0 Å². The zero-order chi connectivity index (χ0) is 10.8. The van der Waals surface area contributed by atoms with Crippen LogP contribution in [0.2, 0.25) is 0 Å². The first kappa shape index (κ1) is 9.64. The van der Waals surface area contributed by atoms with Gasteiger partial charge in [0, 0.05) is 19.7 Å². The third kappa shape index (κ3) is 1.56. The Labute approximate surface area is 86.6 Å².